The fraction of sp³-hybridized carbons (Fsp3) is 0.667. The lowest BCUT2D eigenvalue weighted by Gasteiger charge is -2.20. The molecular formula is C12H17N7OS. The van der Waals surface area contributed by atoms with E-state index < -0.39 is 0 Å². The van der Waals surface area contributed by atoms with Crippen molar-refractivity contribution < 1.29 is 4.79 Å². The third-order valence-corrected chi connectivity index (χ3v) is 3.53. The summed E-state index contributed by atoms with van der Waals surface area (Å²) in [5.41, 5.74) is 0. The van der Waals surface area contributed by atoms with E-state index in [4.69, 9.17) is 10.5 Å². The molecule has 0 radical (unpaired) electrons. The van der Waals surface area contributed by atoms with E-state index in [0.29, 0.717) is 18.2 Å². The van der Waals surface area contributed by atoms with Gasteiger partial charge in [0.05, 0.1) is 36.8 Å². The zero-order valence-corrected chi connectivity index (χ0v) is 12.9. The number of nitrogens with zero attached hydrogens (tertiary/aromatic N) is 7. The van der Waals surface area contributed by atoms with Crippen LogP contribution >= 0.6 is 11.8 Å². The molecular weight excluding hydrogens is 290 g/mol. The maximum Gasteiger partial charge on any atom is 0.233 e. The summed E-state index contributed by atoms with van der Waals surface area (Å²) in [5.74, 6) is 0.0630. The van der Waals surface area contributed by atoms with Crippen LogP contribution < -0.4 is 0 Å². The zero-order chi connectivity index (χ0) is 15.7. The second-order valence-electron chi connectivity index (χ2n) is 4.49. The second-order valence-corrected chi connectivity index (χ2v) is 5.43. The summed E-state index contributed by atoms with van der Waals surface area (Å²) in [6, 6.07) is 4.12. The number of amides is 1. The van der Waals surface area contributed by atoms with Crippen molar-refractivity contribution in [2.45, 2.75) is 37.9 Å². The molecule has 0 aliphatic rings. The van der Waals surface area contributed by atoms with Crippen LogP contribution in [0.2, 0.25) is 0 Å². The number of tetrazole rings is 1. The average molecular weight is 307 g/mol. The van der Waals surface area contributed by atoms with E-state index in [1.807, 2.05) is 26.0 Å². The highest BCUT2D eigenvalue weighted by Crippen LogP contribution is 2.17. The van der Waals surface area contributed by atoms with Gasteiger partial charge in [-0.1, -0.05) is 11.8 Å². The van der Waals surface area contributed by atoms with Gasteiger partial charge in [-0.15, -0.1) is 5.10 Å². The Bertz CT molecular complexity index is 525. The van der Waals surface area contributed by atoms with Gasteiger partial charge in [-0.2, -0.15) is 10.5 Å². The molecule has 0 bridgehead atoms. The number of hydrogen-bond acceptors (Lipinski definition) is 7. The first-order chi connectivity index (χ1) is 10.1. The number of nitriles is 2. The van der Waals surface area contributed by atoms with Crippen molar-refractivity contribution in [1.29, 1.82) is 10.5 Å². The fourth-order valence-corrected chi connectivity index (χ4v) is 2.46. The fourth-order valence-electron chi connectivity index (χ4n) is 1.55. The predicted octanol–water partition coefficient (Wildman–Crippen LogP) is 1.00. The molecule has 0 aliphatic heterocycles. The minimum atomic E-state index is -0.121. The molecule has 1 aromatic heterocycles. The summed E-state index contributed by atoms with van der Waals surface area (Å²) in [6.45, 7) is 4.59. The molecule has 1 rings (SSSR count). The molecule has 0 saturated carbocycles. The lowest BCUT2D eigenvalue weighted by atomic mass is 10.3. The third kappa shape index (κ3) is 5.40. The van der Waals surface area contributed by atoms with Crippen LogP contribution in [0.4, 0.5) is 0 Å². The lowest BCUT2D eigenvalue weighted by molar-refractivity contribution is -0.128. The zero-order valence-electron chi connectivity index (χ0n) is 12.1. The van der Waals surface area contributed by atoms with Crippen molar-refractivity contribution >= 4 is 17.7 Å². The molecule has 0 saturated heterocycles. The Kier molecular flexibility index (Phi) is 7.19. The van der Waals surface area contributed by atoms with Crippen LogP contribution in [-0.2, 0) is 4.79 Å². The van der Waals surface area contributed by atoms with Gasteiger partial charge in [-0.25, -0.2) is 4.68 Å². The van der Waals surface area contributed by atoms with Crippen LogP contribution in [0.1, 0.15) is 32.7 Å². The Morgan fingerprint density at radius 2 is 1.95 bits per heavy atom. The van der Waals surface area contributed by atoms with Crippen LogP contribution in [0.15, 0.2) is 5.16 Å². The molecule has 0 spiro atoms. The van der Waals surface area contributed by atoms with E-state index in [9.17, 15) is 4.79 Å². The predicted molar refractivity (Wildman–Crippen MR) is 76.0 cm³/mol. The minimum absolute atomic E-state index is 0.117. The molecule has 1 heterocycles. The molecule has 0 unspecified atom stereocenters. The number of hydrogen-bond donors (Lipinski definition) is 0. The van der Waals surface area contributed by atoms with Crippen LogP contribution in [0.25, 0.3) is 0 Å². The Balaban J connectivity index is 2.58. The molecule has 1 amide bonds. The topological polar surface area (TPSA) is 111 Å². The van der Waals surface area contributed by atoms with Gasteiger partial charge in [0.2, 0.25) is 11.1 Å². The summed E-state index contributed by atoms with van der Waals surface area (Å²) in [7, 11) is 0. The van der Waals surface area contributed by atoms with E-state index in [0.717, 1.165) is 0 Å². The van der Waals surface area contributed by atoms with Crippen LogP contribution in [0.3, 0.4) is 0 Å². The monoisotopic (exact) mass is 307 g/mol. The van der Waals surface area contributed by atoms with Crippen molar-refractivity contribution in [2.75, 3.05) is 18.8 Å². The number of rotatable bonds is 8. The molecule has 9 heteroatoms. The van der Waals surface area contributed by atoms with E-state index in [2.05, 4.69) is 15.5 Å². The molecule has 0 aliphatic carbocycles. The molecule has 0 fully saturated rings. The molecule has 0 N–H and O–H groups in total. The Morgan fingerprint density at radius 3 is 2.48 bits per heavy atom. The maximum absolute atomic E-state index is 12.1. The second kappa shape index (κ2) is 8.93. The first-order valence-corrected chi connectivity index (χ1v) is 7.51. The maximum atomic E-state index is 12.1. The number of carbonyl (C=O) groups is 1. The average Bonchev–Trinajstić information content (AvgIpc) is 2.93. The summed E-state index contributed by atoms with van der Waals surface area (Å²) >= 11 is 1.26. The molecule has 8 nitrogen and oxygen atoms in total. The number of thioether (sulfide) groups is 1. The van der Waals surface area contributed by atoms with Crippen molar-refractivity contribution in [1.82, 2.24) is 25.1 Å². The SMILES string of the molecule is CC(C)n1nnnc1SCC(=O)N(CCC#N)CCC#N. The van der Waals surface area contributed by atoms with Crippen LogP contribution in [0.5, 0.6) is 0 Å². The van der Waals surface area contributed by atoms with Crippen LogP contribution in [-0.4, -0.2) is 49.9 Å². The van der Waals surface area contributed by atoms with Crippen molar-refractivity contribution in [3.63, 3.8) is 0 Å². The Hall–Kier alpha value is -2.13. The van der Waals surface area contributed by atoms with Crippen molar-refractivity contribution in [3.05, 3.63) is 0 Å². The van der Waals surface area contributed by atoms with Crippen molar-refractivity contribution in [3.8, 4) is 12.1 Å². The number of carbonyl (C=O) groups excluding carboxylic acids is 1. The minimum Gasteiger partial charge on any atom is -0.340 e. The van der Waals surface area contributed by atoms with E-state index in [-0.39, 0.29) is 30.5 Å². The van der Waals surface area contributed by atoms with E-state index in [1.54, 1.807) is 4.68 Å². The summed E-state index contributed by atoms with van der Waals surface area (Å²) in [6.07, 6.45) is 0.511. The summed E-state index contributed by atoms with van der Waals surface area (Å²) in [4.78, 5) is 13.7. The standard InChI is InChI=1S/C12H17N7OS/c1-10(2)19-12(15-16-17-19)21-9-11(20)18(7-3-5-13)8-4-6-14/h10H,3-4,7-9H2,1-2H3. The molecule has 112 valence electrons. The van der Waals surface area contributed by atoms with E-state index in [1.165, 1.54) is 16.7 Å². The lowest BCUT2D eigenvalue weighted by Crippen LogP contribution is -2.34. The third-order valence-electron chi connectivity index (χ3n) is 2.62. The summed E-state index contributed by atoms with van der Waals surface area (Å²) in [5, 5.41) is 29.1. The Labute approximate surface area is 127 Å². The first-order valence-electron chi connectivity index (χ1n) is 6.52. The van der Waals surface area contributed by atoms with Gasteiger partial charge in [0.1, 0.15) is 0 Å². The van der Waals surface area contributed by atoms with Gasteiger partial charge in [-0.3, -0.25) is 4.79 Å². The summed E-state index contributed by atoms with van der Waals surface area (Å²) < 4.78 is 1.65. The van der Waals surface area contributed by atoms with Gasteiger partial charge in [-0.05, 0) is 24.3 Å². The van der Waals surface area contributed by atoms with E-state index >= 15 is 0 Å². The molecule has 0 aromatic carbocycles. The van der Waals surface area contributed by atoms with Crippen molar-refractivity contribution in [2.24, 2.45) is 0 Å². The smallest absolute Gasteiger partial charge is 0.233 e. The molecule has 21 heavy (non-hydrogen) atoms. The van der Waals surface area contributed by atoms with Gasteiger partial charge in [0.15, 0.2) is 0 Å². The molecule has 1 aromatic rings. The Morgan fingerprint density at radius 1 is 1.33 bits per heavy atom. The van der Waals surface area contributed by atoms with Crippen LogP contribution in [0, 0.1) is 22.7 Å². The normalized spacial score (nSPS) is 10.1. The van der Waals surface area contributed by atoms with Gasteiger partial charge < -0.3 is 4.90 Å². The largest absolute Gasteiger partial charge is 0.340 e. The highest BCUT2D eigenvalue weighted by molar-refractivity contribution is 7.99. The quantitative estimate of drug-likeness (QED) is 0.658. The highest BCUT2D eigenvalue weighted by Gasteiger charge is 2.16. The number of aromatic nitrogens is 4. The molecule has 0 atom stereocenters. The van der Waals surface area contributed by atoms with Gasteiger partial charge in [0.25, 0.3) is 0 Å². The first kappa shape index (κ1) is 16.9. The van der Waals surface area contributed by atoms with Gasteiger partial charge in [0, 0.05) is 13.1 Å². The highest BCUT2D eigenvalue weighted by atomic mass is 32.2. The van der Waals surface area contributed by atoms with Gasteiger partial charge >= 0.3 is 0 Å².